The van der Waals surface area contributed by atoms with Gasteiger partial charge in [-0.2, -0.15) is 18.3 Å². The van der Waals surface area contributed by atoms with E-state index in [1.165, 1.54) is 6.07 Å². The van der Waals surface area contributed by atoms with Crippen molar-refractivity contribution >= 4 is 23.5 Å². The van der Waals surface area contributed by atoms with E-state index in [-0.39, 0.29) is 5.41 Å². The van der Waals surface area contributed by atoms with E-state index in [4.69, 9.17) is 4.74 Å². The molecule has 4 rings (SSSR count). The van der Waals surface area contributed by atoms with Crippen molar-refractivity contribution in [2.45, 2.75) is 45.2 Å². The van der Waals surface area contributed by atoms with Gasteiger partial charge in [0.05, 0.1) is 22.9 Å². The molecule has 2 aromatic heterocycles. The van der Waals surface area contributed by atoms with Crippen LogP contribution in [0, 0.1) is 5.92 Å². The molecule has 3 aromatic rings. The molecule has 1 saturated heterocycles. The van der Waals surface area contributed by atoms with Crippen molar-refractivity contribution in [3.05, 3.63) is 66.0 Å². The average Bonchev–Trinajstić information content (AvgIpc) is 3.32. The van der Waals surface area contributed by atoms with Gasteiger partial charge in [-0.3, -0.25) is 9.59 Å². The van der Waals surface area contributed by atoms with Gasteiger partial charge in [0.25, 0.3) is 5.91 Å². The van der Waals surface area contributed by atoms with E-state index in [0.29, 0.717) is 37.6 Å². The summed E-state index contributed by atoms with van der Waals surface area (Å²) in [6.45, 7) is 6.52. The molecule has 1 aliphatic rings. The molecule has 38 heavy (non-hydrogen) atoms. The normalized spacial score (nSPS) is 14.8. The molecule has 0 atom stereocenters. The zero-order chi connectivity index (χ0) is 27.5. The molecule has 202 valence electrons. The van der Waals surface area contributed by atoms with E-state index in [9.17, 15) is 22.8 Å². The van der Waals surface area contributed by atoms with Gasteiger partial charge >= 0.3 is 12.1 Å². The number of para-hydroxylation sites is 1. The maximum atomic E-state index is 12.8. The Labute approximate surface area is 218 Å². The first-order chi connectivity index (χ1) is 17.9. The van der Waals surface area contributed by atoms with E-state index >= 15 is 0 Å². The number of rotatable bonds is 6. The van der Waals surface area contributed by atoms with Gasteiger partial charge in [-0.1, -0.05) is 39.0 Å². The molecule has 0 aliphatic carbocycles. The monoisotopic (exact) mass is 529 g/mol. The third-order valence-corrected chi connectivity index (χ3v) is 6.32. The Bertz CT molecular complexity index is 1260. The maximum Gasteiger partial charge on any atom is 0.417 e. The molecule has 0 bridgehead atoms. The van der Waals surface area contributed by atoms with Crippen LogP contribution in [0.25, 0.3) is 5.69 Å². The SMILES string of the molecule is CC(C)(C)c1cc(NC(=O)COC(=O)C2CCN(c3ccc(C(F)(F)F)cn3)CC2)n(-c2ccccc2)n1. The summed E-state index contributed by atoms with van der Waals surface area (Å²) in [6.07, 6.45) is -2.75. The van der Waals surface area contributed by atoms with Gasteiger partial charge in [0, 0.05) is 30.8 Å². The van der Waals surface area contributed by atoms with Crippen LogP contribution in [0.4, 0.5) is 24.8 Å². The van der Waals surface area contributed by atoms with Crippen LogP contribution in [-0.4, -0.2) is 46.3 Å². The second kappa shape index (κ2) is 10.8. The first-order valence-electron chi connectivity index (χ1n) is 12.3. The summed E-state index contributed by atoms with van der Waals surface area (Å²) in [7, 11) is 0. The number of halogens is 3. The predicted octanol–water partition coefficient (Wildman–Crippen LogP) is 4.98. The van der Waals surface area contributed by atoms with Crippen molar-refractivity contribution in [1.82, 2.24) is 14.8 Å². The number of nitrogens with zero attached hydrogens (tertiary/aromatic N) is 4. The van der Waals surface area contributed by atoms with Crippen molar-refractivity contribution in [1.29, 1.82) is 0 Å². The van der Waals surface area contributed by atoms with Crippen LogP contribution in [-0.2, 0) is 25.9 Å². The first kappa shape index (κ1) is 27.2. The van der Waals surface area contributed by atoms with Crippen molar-refractivity contribution in [2.24, 2.45) is 5.92 Å². The summed E-state index contributed by atoms with van der Waals surface area (Å²) >= 11 is 0. The lowest BCUT2D eigenvalue weighted by Gasteiger charge is -2.31. The van der Waals surface area contributed by atoms with Gasteiger partial charge in [-0.25, -0.2) is 9.67 Å². The number of hydrogen-bond donors (Lipinski definition) is 1. The summed E-state index contributed by atoms with van der Waals surface area (Å²) in [5.74, 6) is -0.474. The van der Waals surface area contributed by atoms with Crippen LogP contribution in [0.5, 0.6) is 0 Å². The number of hydrogen-bond acceptors (Lipinski definition) is 6. The molecule has 1 N–H and O–H groups in total. The fourth-order valence-electron chi connectivity index (χ4n) is 4.12. The lowest BCUT2D eigenvalue weighted by molar-refractivity contribution is -0.152. The van der Waals surface area contributed by atoms with E-state index in [2.05, 4.69) is 15.4 Å². The van der Waals surface area contributed by atoms with Crippen LogP contribution < -0.4 is 10.2 Å². The zero-order valence-electron chi connectivity index (χ0n) is 21.5. The quantitative estimate of drug-likeness (QED) is 0.453. The third-order valence-electron chi connectivity index (χ3n) is 6.32. The highest BCUT2D eigenvalue weighted by Crippen LogP contribution is 2.30. The second-order valence-electron chi connectivity index (χ2n) is 10.2. The smallest absolute Gasteiger partial charge is 0.417 e. The fourth-order valence-corrected chi connectivity index (χ4v) is 4.12. The standard InChI is InChI=1S/C27H30F3N5O3/c1-26(2,3)21-15-23(35(33-21)20-7-5-4-6-8-20)32-24(36)17-38-25(37)18-11-13-34(14-12-18)22-10-9-19(16-31-22)27(28,29)30/h4-10,15-16,18H,11-14,17H2,1-3H3,(H,32,36). The van der Waals surface area contributed by atoms with Gasteiger partial charge in [-0.05, 0) is 37.1 Å². The number of ether oxygens (including phenoxy) is 1. The molecule has 1 aromatic carbocycles. The number of nitrogens with one attached hydrogen (secondary N) is 1. The van der Waals surface area contributed by atoms with E-state index in [1.54, 1.807) is 10.7 Å². The molecule has 3 heterocycles. The Morgan fingerprint density at radius 3 is 2.32 bits per heavy atom. The van der Waals surface area contributed by atoms with Crippen molar-refractivity contribution in [2.75, 3.05) is 29.9 Å². The van der Waals surface area contributed by atoms with Crippen LogP contribution in [0.3, 0.4) is 0 Å². The van der Waals surface area contributed by atoms with E-state index in [0.717, 1.165) is 23.6 Å². The predicted molar refractivity (Wildman–Crippen MR) is 136 cm³/mol. The summed E-state index contributed by atoms with van der Waals surface area (Å²) in [5.41, 5.74) is 0.531. The molecule has 1 fully saturated rings. The van der Waals surface area contributed by atoms with Gasteiger partial charge in [-0.15, -0.1) is 0 Å². The molecule has 11 heteroatoms. The van der Waals surface area contributed by atoms with Crippen LogP contribution in [0.15, 0.2) is 54.7 Å². The summed E-state index contributed by atoms with van der Waals surface area (Å²) < 4.78 is 45.2. The van der Waals surface area contributed by atoms with Gasteiger partial charge in [0.1, 0.15) is 11.6 Å². The van der Waals surface area contributed by atoms with Crippen LogP contribution >= 0.6 is 0 Å². The minimum Gasteiger partial charge on any atom is -0.455 e. The third kappa shape index (κ3) is 6.51. The Morgan fingerprint density at radius 2 is 1.74 bits per heavy atom. The molecular weight excluding hydrogens is 499 g/mol. The number of piperidine rings is 1. The number of amides is 1. The van der Waals surface area contributed by atoms with Gasteiger partial charge in [0.2, 0.25) is 0 Å². The molecule has 8 nitrogen and oxygen atoms in total. The molecule has 1 aliphatic heterocycles. The summed E-state index contributed by atoms with van der Waals surface area (Å²) in [4.78, 5) is 31.0. The van der Waals surface area contributed by atoms with E-state index < -0.39 is 36.1 Å². The number of benzene rings is 1. The highest BCUT2D eigenvalue weighted by atomic mass is 19.4. The fraction of sp³-hybridized carbons (Fsp3) is 0.407. The lowest BCUT2D eigenvalue weighted by atomic mass is 9.92. The highest BCUT2D eigenvalue weighted by Gasteiger charge is 2.32. The molecule has 0 unspecified atom stereocenters. The second-order valence-corrected chi connectivity index (χ2v) is 10.2. The van der Waals surface area contributed by atoms with Crippen molar-refractivity contribution in [3.8, 4) is 5.69 Å². The van der Waals surface area contributed by atoms with Crippen molar-refractivity contribution in [3.63, 3.8) is 0 Å². The molecule has 1 amide bonds. The number of carbonyl (C=O) groups is 2. The summed E-state index contributed by atoms with van der Waals surface area (Å²) in [6, 6.07) is 13.5. The Hall–Kier alpha value is -3.89. The molecular formula is C27H30F3N5O3. The van der Waals surface area contributed by atoms with Crippen LogP contribution in [0.2, 0.25) is 0 Å². The van der Waals surface area contributed by atoms with Crippen LogP contribution in [0.1, 0.15) is 44.9 Å². The number of pyridine rings is 1. The lowest BCUT2D eigenvalue weighted by Crippen LogP contribution is -2.38. The highest BCUT2D eigenvalue weighted by molar-refractivity contribution is 5.92. The largest absolute Gasteiger partial charge is 0.455 e. The Balaban J connectivity index is 1.31. The van der Waals surface area contributed by atoms with Gasteiger partial charge in [0.15, 0.2) is 6.61 Å². The maximum absolute atomic E-state index is 12.8. The molecule has 0 spiro atoms. The zero-order valence-corrected chi connectivity index (χ0v) is 21.5. The van der Waals surface area contributed by atoms with Gasteiger partial charge < -0.3 is 15.0 Å². The summed E-state index contributed by atoms with van der Waals surface area (Å²) in [5, 5.41) is 7.44. The number of esters is 1. The number of aromatic nitrogens is 3. The molecule has 0 saturated carbocycles. The first-order valence-corrected chi connectivity index (χ1v) is 12.3. The number of alkyl halides is 3. The Morgan fingerprint density at radius 1 is 1.05 bits per heavy atom. The Kier molecular flexibility index (Phi) is 7.75. The van der Waals surface area contributed by atoms with Crippen molar-refractivity contribution < 1.29 is 27.5 Å². The number of carbonyl (C=O) groups excluding carboxylic acids is 2. The average molecular weight is 530 g/mol. The number of anilines is 2. The minimum atomic E-state index is -4.44. The molecule has 0 radical (unpaired) electrons. The topological polar surface area (TPSA) is 89.4 Å². The van der Waals surface area contributed by atoms with E-state index in [1.807, 2.05) is 56.0 Å². The minimum absolute atomic E-state index is 0.239.